The molecular weight excluding hydrogens is 459 g/mol. The van der Waals surface area contributed by atoms with Gasteiger partial charge in [0.05, 0.1) is 23.7 Å². The van der Waals surface area contributed by atoms with E-state index in [4.69, 9.17) is 14.2 Å². The number of benzene rings is 2. The molecule has 0 saturated carbocycles. The monoisotopic (exact) mass is 480 g/mol. The molecule has 35 heavy (non-hydrogen) atoms. The van der Waals surface area contributed by atoms with Gasteiger partial charge in [-0.25, -0.2) is 9.37 Å². The van der Waals surface area contributed by atoms with Crippen LogP contribution in [0.1, 0.15) is 29.7 Å². The number of halogens is 1. The SMILES string of the molecule is CCOC(C(=O)NCc1ccc(C#N)cc1Oc1ccc([N+](=O)[O-])cn1)c1ccc(OC)cc1F. The van der Waals surface area contributed by atoms with E-state index < -0.39 is 22.8 Å². The molecule has 180 valence electrons. The molecular formula is C24H21FN4O6. The van der Waals surface area contributed by atoms with Crippen molar-refractivity contribution < 1.29 is 28.3 Å². The molecule has 1 aromatic heterocycles. The van der Waals surface area contributed by atoms with Crippen LogP contribution in [-0.2, 0) is 16.1 Å². The Morgan fingerprint density at radius 3 is 2.66 bits per heavy atom. The molecule has 1 heterocycles. The number of pyridine rings is 1. The smallest absolute Gasteiger partial charge is 0.287 e. The molecule has 0 aliphatic rings. The van der Waals surface area contributed by atoms with Crippen LogP contribution in [0, 0.1) is 27.3 Å². The van der Waals surface area contributed by atoms with Gasteiger partial charge in [-0.2, -0.15) is 5.26 Å². The number of amides is 1. The summed E-state index contributed by atoms with van der Waals surface area (Å²) in [5.74, 6) is -0.648. The zero-order valence-electron chi connectivity index (χ0n) is 18.9. The normalized spacial score (nSPS) is 11.3. The number of hydrogen-bond acceptors (Lipinski definition) is 8. The van der Waals surface area contributed by atoms with Gasteiger partial charge in [-0.05, 0) is 31.2 Å². The van der Waals surface area contributed by atoms with Gasteiger partial charge in [0, 0.05) is 42.5 Å². The van der Waals surface area contributed by atoms with Crippen molar-refractivity contribution in [3.8, 4) is 23.4 Å². The first-order valence-corrected chi connectivity index (χ1v) is 10.4. The molecule has 0 bridgehead atoms. The van der Waals surface area contributed by atoms with Gasteiger partial charge in [0.2, 0.25) is 5.88 Å². The Bertz CT molecular complexity index is 1260. The van der Waals surface area contributed by atoms with E-state index in [1.807, 2.05) is 6.07 Å². The van der Waals surface area contributed by atoms with E-state index in [0.717, 1.165) is 6.20 Å². The van der Waals surface area contributed by atoms with E-state index in [2.05, 4.69) is 10.3 Å². The Kier molecular flexibility index (Phi) is 8.26. The molecule has 3 rings (SSSR count). The molecule has 0 fully saturated rings. The molecule has 0 saturated heterocycles. The highest BCUT2D eigenvalue weighted by Crippen LogP contribution is 2.28. The maximum absolute atomic E-state index is 14.6. The molecule has 11 heteroatoms. The number of rotatable bonds is 10. The van der Waals surface area contributed by atoms with Crippen molar-refractivity contribution >= 4 is 11.6 Å². The summed E-state index contributed by atoms with van der Waals surface area (Å²) in [5, 5.41) is 22.7. The van der Waals surface area contributed by atoms with Gasteiger partial charge in [0.1, 0.15) is 23.5 Å². The maximum Gasteiger partial charge on any atom is 0.287 e. The highest BCUT2D eigenvalue weighted by molar-refractivity contribution is 5.82. The number of aromatic nitrogens is 1. The van der Waals surface area contributed by atoms with Crippen LogP contribution in [0.25, 0.3) is 0 Å². The van der Waals surface area contributed by atoms with Gasteiger partial charge < -0.3 is 19.5 Å². The largest absolute Gasteiger partial charge is 0.497 e. The highest BCUT2D eigenvalue weighted by atomic mass is 19.1. The van der Waals surface area contributed by atoms with E-state index in [9.17, 15) is 24.6 Å². The number of nitrogens with zero attached hydrogens (tertiary/aromatic N) is 3. The molecule has 10 nitrogen and oxygen atoms in total. The number of nitro groups is 1. The summed E-state index contributed by atoms with van der Waals surface area (Å²) in [6.45, 7) is 1.82. The lowest BCUT2D eigenvalue weighted by atomic mass is 10.1. The average molecular weight is 480 g/mol. The minimum absolute atomic E-state index is 0.0335. The van der Waals surface area contributed by atoms with Crippen molar-refractivity contribution in [1.29, 1.82) is 5.26 Å². The van der Waals surface area contributed by atoms with Crippen molar-refractivity contribution in [2.75, 3.05) is 13.7 Å². The van der Waals surface area contributed by atoms with Gasteiger partial charge in [-0.15, -0.1) is 0 Å². The standard InChI is InChI=1S/C24H21FN4O6/c1-3-34-23(19-8-7-18(33-2)11-20(19)25)24(30)28-13-16-5-4-15(12-26)10-21(16)35-22-9-6-17(14-27-22)29(31)32/h4-11,14,23H,3,13H2,1-2H3,(H,28,30). The Morgan fingerprint density at radius 1 is 1.26 bits per heavy atom. The third-order valence-corrected chi connectivity index (χ3v) is 4.86. The summed E-state index contributed by atoms with van der Waals surface area (Å²) in [6, 6.07) is 13.2. The second-order valence-electron chi connectivity index (χ2n) is 7.09. The van der Waals surface area contributed by atoms with Gasteiger partial charge in [0.15, 0.2) is 6.10 Å². The summed E-state index contributed by atoms with van der Waals surface area (Å²) >= 11 is 0. The fraction of sp³-hybridized carbons (Fsp3) is 0.208. The maximum atomic E-state index is 14.6. The molecule has 2 aromatic carbocycles. The van der Waals surface area contributed by atoms with Crippen LogP contribution < -0.4 is 14.8 Å². The molecule has 1 N–H and O–H groups in total. The van der Waals surface area contributed by atoms with Crippen LogP contribution in [0.5, 0.6) is 17.4 Å². The minimum Gasteiger partial charge on any atom is -0.497 e. The van der Waals surface area contributed by atoms with Crippen molar-refractivity contribution in [3.63, 3.8) is 0 Å². The molecule has 0 aliphatic heterocycles. The Labute approximate surface area is 200 Å². The van der Waals surface area contributed by atoms with Crippen LogP contribution in [0.15, 0.2) is 54.7 Å². The topological polar surface area (TPSA) is 137 Å². The fourth-order valence-electron chi connectivity index (χ4n) is 3.11. The summed E-state index contributed by atoms with van der Waals surface area (Å²) in [5.41, 5.74) is 0.632. The number of carbonyl (C=O) groups excluding carboxylic acids is 1. The summed E-state index contributed by atoms with van der Waals surface area (Å²) in [4.78, 5) is 27.0. The third-order valence-electron chi connectivity index (χ3n) is 4.86. The quantitative estimate of drug-likeness (QED) is 0.337. The summed E-state index contributed by atoms with van der Waals surface area (Å²) in [6.07, 6.45) is -0.161. The first-order chi connectivity index (χ1) is 16.9. The first kappa shape index (κ1) is 25.1. The summed E-state index contributed by atoms with van der Waals surface area (Å²) in [7, 11) is 1.41. The molecule has 1 amide bonds. The third kappa shape index (κ3) is 6.27. The number of methoxy groups -OCH3 is 1. The number of carbonyl (C=O) groups is 1. The Balaban J connectivity index is 1.80. The van der Waals surface area contributed by atoms with E-state index in [-0.39, 0.29) is 36.0 Å². The molecule has 0 aliphatic carbocycles. The Morgan fingerprint density at radius 2 is 2.06 bits per heavy atom. The average Bonchev–Trinajstić information content (AvgIpc) is 2.86. The van der Waals surface area contributed by atoms with Gasteiger partial charge in [0.25, 0.3) is 11.6 Å². The van der Waals surface area contributed by atoms with Crippen LogP contribution in [0.4, 0.5) is 10.1 Å². The minimum atomic E-state index is -1.20. The molecule has 3 aromatic rings. The van der Waals surface area contributed by atoms with Crippen LogP contribution >= 0.6 is 0 Å². The molecule has 1 atom stereocenters. The Hall–Kier alpha value is -4.56. The van der Waals surface area contributed by atoms with E-state index in [1.54, 1.807) is 19.1 Å². The second-order valence-corrected chi connectivity index (χ2v) is 7.09. The fourth-order valence-corrected chi connectivity index (χ4v) is 3.11. The van der Waals surface area contributed by atoms with Gasteiger partial charge in [-0.1, -0.05) is 6.07 Å². The zero-order valence-corrected chi connectivity index (χ0v) is 18.9. The van der Waals surface area contributed by atoms with Crippen LogP contribution in [-0.4, -0.2) is 29.5 Å². The van der Waals surface area contributed by atoms with Crippen molar-refractivity contribution in [3.05, 3.63) is 87.3 Å². The van der Waals surface area contributed by atoms with Crippen molar-refractivity contribution in [1.82, 2.24) is 10.3 Å². The van der Waals surface area contributed by atoms with Gasteiger partial charge in [-0.3, -0.25) is 14.9 Å². The van der Waals surface area contributed by atoms with E-state index in [0.29, 0.717) is 16.9 Å². The lowest BCUT2D eigenvalue weighted by molar-refractivity contribution is -0.385. The molecule has 0 radical (unpaired) electrons. The zero-order chi connectivity index (χ0) is 25.4. The first-order valence-electron chi connectivity index (χ1n) is 10.4. The lowest BCUT2D eigenvalue weighted by Crippen LogP contribution is -2.31. The predicted octanol–water partition coefficient (Wildman–Crippen LogP) is 4.20. The van der Waals surface area contributed by atoms with Crippen LogP contribution in [0.2, 0.25) is 0 Å². The number of ether oxygens (including phenoxy) is 3. The highest BCUT2D eigenvalue weighted by Gasteiger charge is 2.25. The predicted molar refractivity (Wildman–Crippen MR) is 121 cm³/mol. The lowest BCUT2D eigenvalue weighted by Gasteiger charge is -2.19. The number of nitrogens with one attached hydrogen (secondary N) is 1. The molecule has 0 spiro atoms. The van der Waals surface area contributed by atoms with E-state index in [1.165, 1.54) is 43.5 Å². The molecule has 1 unspecified atom stereocenters. The number of hydrogen-bond donors (Lipinski definition) is 1. The van der Waals surface area contributed by atoms with Crippen molar-refractivity contribution in [2.24, 2.45) is 0 Å². The summed E-state index contributed by atoms with van der Waals surface area (Å²) < 4.78 is 30.8. The van der Waals surface area contributed by atoms with E-state index >= 15 is 0 Å². The second kappa shape index (κ2) is 11.5. The number of nitriles is 1. The van der Waals surface area contributed by atoms with Crippen molar-refractivity contribution in [2.45, 2.75) is 19.6 Å². The van der Waals surface area contributed by atoms with Gasteiger partial charge >= 0.3 is 0 Å². The van der Waals surface area contributed by atoms with Crippen LogP contribution in [0.3, 0.4) is 0 Å².